The molecule has 1 nitrogen and oxygen atoms in total. The normalized spacial score (nSPS) is 21.3. The molecule has 0 aliphatic carbocycles. The summed E-state index contributed by atoms with van der Waals surface area (Å²) in [6.07, 6.45) is 2.70. The highest BCUT2D eigenvalue weighted by Gasteiger charge is 2.25. The second-order valence-corrected chi connectivity index (χ2v) is 6.27. The van der Waals surface area contributed by atoms with E-state index >= 15 is 0 Å². The van der Waals surface area contributed by atoms with E-state index in [1.54, 1.807) is 0 Å². The van der Waals surface area contributed by atoms with Crippen molar-refractivity contribution in [3.8, 4) is 0 Å². The standard InChI is InChI=1S/C16H19NS/c1-17-16(15-7-4-10-18-15)14-9-8-12-5-2-3-6-13(12)11-14/h2-3,5-6,8-9,11,15-17H,4,7,10H2,1H3. The minimum absolute atomic E-state index is 0.488. The van der Waals surface area contributed by atoms with Crippen molar-refractivity contribution in [2.45, 2.75) is 24.1 Å². The molecule has 1 N–H and O–H groups in total. The van der Waals surface area contributed by atoms with Gasteiger partial charge in [0.25, 0.3) is 0 Å². The quantitative estimate of drug-likeness (QED) is 0.892. The third-order valence-electron chi connectivity index (χ3n) is 3.78. The molecule has 0 saturated carbocycles. The molecule has 2 aromatic carbocycles. The highest BCUT2D eigenvalue weighted by atomic mass is 32.2. The van der Waals surface area contributed by atoms with E-state index in [2.05, 4.69) is 66.6 Å². The van der Waals surface area contributed by atoms with Crippen molar-refractivity contribution in [1.82, 2.24) is 5.32 Å². The Balaban J connectivity index is 1.96. The molecule has 94 valence electrons. The fourth-order valence-electron chi connectivity index (χ4n) is 2.83. The number of nitrogens with one attached hydrogen (secondary N) is 1. The van der Waals surface area contributed by atoms with Gasteiger partial charge in [0, 0.05) is 11.3 Å². The van der Waals surface area contributed by atoms with Crippen LogP contribution in [-0.4, -0.2) is 18.1 Å². The van der Waals surface area contributed by atoms with Crippen LogP contribution in [-0.2, 0) is 0 Å². The van der Waals surface area contributed by atoms with Gasteiger partial charge >= 0.3 is 0 Å². The zero-order chi connectivity index (χ0) is 12.4. The van der Waals surface area contributed by atoms with Gasteiger partial charge in [0.1, 0.15) is 0 Å². The molecule has 18 heavy (non-hydrogen) atoms. The molecule has 0 amide bonds. The van der Waals surface area contributed by atoms with Crippen molar-refractivity contribution in [3.05, 3.63) is 48.0 Å². The molecule has 2 aromatic rings. The number of rotatable bonds is 3. The summed E-state index contributed by atoms with van der Waals surface area (Å²) < 4.78 is 0. The van der Waals surface area contributed by atoms with Crippen molar-refractivity contribution < 1.29 is 0 Å². The van der Waals surface area contributed by atoms with Crippen LogP contribution in [0, 0.1) is 0 Å². The van der Waals surface area contributed by atoms with Gasteiger partial charge in [-0.15, -0.1) is 0 Å². The molecule has 1 fully saturated rings. The van der Waals surface area contributed by atoms with Crippen LogP contribution < -0.4 is 5.32 Å². The predicted octanol–water partition coefficient (Wildman–Crippen LogP) is 4.00. The van der Waals surface area contributed by atoms with E-state index in [9.17, 15) is 0 Å². The molecule has 2 heteroatoms. The molecule has 1 aliphatic heterocycles. The summed E-state index contributed by atoms with van der Waals surface area (Å²) in [7, 11) is 2.08. The second kappa shape index (κ2) is 5.33. The Hall–Kier alpha value is -0.990. The first-order valence-corrected chi connectivity index (χ1v) is 7.71. The molecule has 2 unspecified atom stereocenters. The first-order valence-electron chi connectivity index (χ1n) is 6.66. The minimum Gasteiger partial charge on any atom is -0.312 e. The van der Waals surface area contributed by atoms with Crippen LogP contribution >= 0.6 is 11.8 Å². The molecule has 1 saturated heterocycles. The SMILES string of the molecule is CNC(c1ccc2ccccc2c1)C1CCCS1. The lowest BCUT2D eigenvalue weighted by molar-refractivity contribution is 0.552. The van der Waals surface area contributed by atoms with Crippen LogP contribution in [0.5, 0.6) is 0 Å². The van der Waals surface area contributed by atoms with Gasteiger partial charge in [-0.2, -0.15) is 11.8 Å². The Morgan fingerprint density at radius 3 is 2.72 bits per heavy atom. The van der Waals surface area contributed by atoms with E-state index in [1.165, 1.54) is 34.9 Å². The summed E-state index contributed by atoms with van der Waals surface area (Å²) in [5, 5.41) is 6.91. The highest BCUT2D eigenvalue weighted by molar-refractivity contribution is 8.00. The molecule has 0 spiro atoms. The number of benzene rings is 2. The summed E-state index contributed by atoms with van der Waals surface area (Å²) in [6, 6.07) is 16.0. The van der Waals surface area contributed by atoms with Crippen LogP contribution in [0.4, 0.5) is 0 Å². The minimum atomic E-state index is 0.488. The first kappa shape index (κ1) is 12.1. The lowest BCUT2D eigenvalue weighted by Crippen LogP contribution is -2.25. The zero-order valence-electron chi connectivity index (χ0n) is 10.7. The van der Waals surface area contributed by atoms with Crippen LogP contribution in [0.3, 0.4) is 0 Å². The summed E-state index contributed by atoms with van der Waals surface area (Å²) >= 11 is 2.11. The third-order valence-corrected chi connectivity index (χ3v) is 5.24. The Morgan fingerprint density at radius 1 is 1.17 bits per heavy atom. The van der Waals surface area contributed by atoms with Crippen molar-refractivity contribution in [3.63, 3.8) is 0 Å². The van der Waals surface area contributed by atoms with E-state index in [0.29, 0.717) is 6.04 Å². The van der Waals surface area contributed by atoms with Crippen molar-refractivity contribution in [1.29, 1.82) is 0 Å². The average molecular weight is 257 g/mol. The fourth-order valence-corrected chi connectivity index (χ4v) is 4.29. The van der Waals surface area contributed by atoms with Gasteiger partial charge in [-0.1, -0.05) is 36.4 Å². The maximum Gasteiger partial charge on any atom is 0.0438 e. The van der Waals surface area contributed by atoms with E-state index in [1.807, 2.05) is 0 Å². The van der Waals surface area contributed by atoms with Crippen molar-refractivity contribution >= 4 is 22.5 Å². The number of fused-ring (bicyclic) bond motifs is 1. The fraction of sp³-hybridized carbons (Fsp3) is 0.375. The predicted molar refractivity (Wildman–Crippen MR) is 81.2 cm³/mol. The molecule has 0 bridgehead atoms. The van der Waals surface area contributed by atoms with Crippen molar-refractivity contribution in [2.75, 3.05) is 12.8 Å². The van der Waals surface area contributed by atoms with E-state index in [0.717, 1.165) is 5.25 Å². The van der Waals surface area contributed by atoms with E-state index in [4.69, 9.17) is 0 Å². The summed E-state index contributed by atoms with van der Waals surface area (Å²) in [5.74, 6) is 1.32. The van der Waals surface area contributed by atoms with Crippen LogP contribution in [0.25, 0.3) is 10.8 Å². The Bertz CT molecular complexity index is 531. The number of thioether (sulfide) groups is 1. The molecule has 0 aromatic heterocycles. The maximum atomic E-state index is 3.50. The van der Waals surface area contributed by atoms with Gasteiger partial charge in [0.15, 0.2) is 0 Å². The van der Waals surface area contributed by atoms with Crippen LogP contribution in [0.15, 0.2) is 42.5 Å². The summed E-state index contributed by atoms with van der Waals surface area (Å²) in [5.41, 5.74) is 1.43. The van der Waals surface area contributed by atoms with Crippen molar-refractivity contribution in [2.24, 2.45) is 0 Å². The molecular formula is C16H19NS. The molecule has 2 atom stereocenters. The second-order valence-electron chi connectivity index (χ2n) is 4.92. The number of hydrogen-bond donors (Lipinski definition) is 1. The lowest BCUT2D eigenvalue weighted by Gasteiger charge is -2.23. The average Bonchev–Trinajstić information content (AvgIpc) is 2.93. The Labute approximate surface area is 113 Å². The smallest absolute Gasteiger partial charge is 0.0438 e. The largest absolute Gasteiger partial charge is 0.312 e. The summed E-state index contributed by atoms with van der Waals surface area (Å²) in [4.78, 5) is 0. The van der Waals surface area contributed by atoms with Gasteiger partial charge in [0.05, 0.1) is 0 Å². The first-order chi connectivity index (χ1) is 8.88. The number of hydrogen-bond acceptors (Lipinski definition) is 2. The Morgan fingerprint density at radius 2 is 2.00 bits per heavy atom. The zero-order valence-corrected chi connectivity index (χ0v) is 11.5. The lowest BCUT2D eigenvalue weighted by atomic mass is 9.98. The third kappa shape index (κ3) is 2.27. The van der Waals surface area contributed by atoms with E-state index < -0.39 is 0 Å². The van der Waals surface area contributed by atoms with Gasteiger partial charge in [-0.05, 0) is 48.0 Å². The molecule has 0 radical (unpaired) electrons. The van der Waals surface area contributed by atoms with Gasteiger partial charge < -0.3 is 5.32 Å². The van der Waals surface area contributed by atoms with Gasteiger partial charge in [0.2, 0.25) is 0 Å². The highest BCUT2D eigenvalue weighted by Crippen LogP contribution is 2.36. The van der Waals surface area contributed by atoms with E-state index in [-0.39, 0.29) is 0 Å². The van der Waals surface area contributed by atoms with Crippen LogP contribution in [0.1, 0.15) is 24.4 Å². The van der Waals surface area contributed by atoms with Gasteiger partial charge in [-0.3, -0.25) is 0 Å². The maximum absolute atomic E-state index is 3.50. The van der Waals surface area contributed by atoms with Crippen LogP contribution in [0.2, 0.25) is 0 Å². The monoisotopic (exact) mass is 257 g/mol. The molecule has 1 heterocycles. The molecular weight excluding hydrogens is 238 g/mol. The topological polar surface area (TPSA) is 12.0 Å². The Kier molecular flexibility index (Phi) is 3.57. The van der Waals surface area contributed by atoms with Gasteiger partial charge in [-0.25, -0.2) is 0 Å². The molecule has 3 rings (SSSR count). The molecule has 1 aliphatic rings. The summed E-state index contributed by atoms with van der Waals surface area (Å²) in [6.45, 7) is 0.